The number of rotatable bonds is 6. The Kier molecular flexibility index (Phi) is 5.56. The Morgan fingerprint density at radius 3 is 2.55 bits per heavy atom. The van der Waals surface area contributed by atoms with Crippen LogP contribution in [0.3, 0.4) is 0 Å². The number of benzene rings is 2. The maximum absolute atomic E-state index is 11.0. The first-order valence-corrected chi connectivity index (χ1v) is 11.3. The van der Waals surface area contributed by atoms with Gasteiger partial charge in [0.05, 0.1) is 18.4 Å². The Labute approximate surface area is 183 Å². The van der Waals surface area contributed by atoms with Gasteiger partial charge in [-0.25, -0.2) is 0 Å². The molecule has 2 aliphatic heterocycles. The number of ether oxygens (including phenoxy) is 1. The summed E-state index contributed by atoms with van der Waals surface area (Å²) >= 11 is 0. The molecule has 1 aliphatic carbocycles. The molecule has 0 radical (unpaired) electrons. The molecule has 2 heterocycles. The van der Waals surface area contributed by atoms with E-state index < -0.39 is 0 Å². The minimum Gasteiger partial charge on any atom is -0.507 e. The van der Waals surface area contributed by atoms with E-state index in [1.165, 1.54) is 18.4 Å². The van der Waals surface area contributed by atoms with Crippen LogP contribution in [0.5, 0.6) is 11.5 Å². The van der Waals surface area contributed by atoms with Crippen LogP contribution in [0.25, 0.3) is 22.2 Å². The van der Waals surface area contributed by atoms with Crippen LogP contribution in [0.2, 0.25) is 0 Å². The number of piperidine rings is 1. The van der Waals surface area contributed by atoms with Gasteiger partial charge in [0, 0.05) is 17.4 Å². The summed E-state index contributed by atoms with van der Waals surface area (Å²) in [7, 11) is 1.68. The number of methoxy groups -OCH3 is 1. The number of hydrogen-bond donors (Lipinski definition) is 2. The van der Waals surface area contributed by atoms with E-state index in [9.17, 15) is 5.11 Å². The van der Waals surface area contributed by atoms with Crippen molar-refractivity contribution in [2.75, 3.05) is 20.2 Å². The van der Waals surface area contributed by atoms with Gasteiger partial charge in [-0.1, -0.05) is 42.5 Å². The highest BCUT2D eigenvalue weighted by Crippen LogP contribution is 2.46. The Hall–Kier alpha value is -2.98. The third-order valence-corrected chi connectivity index (χ3v) is 6.78. The molecule has 2 aromatic carbocycles. The highest BCUT2D eigenvalue weighted by molar-refractivity contribution is 5.96. The number of aromatic hydroxyl groups is 1. The van der Waals surface area contributed by atoms with Gasteiger partial charge in [-0.3, -0.25) is 4.90 Å². The molecule has 1 fully saturated rings. The summed E-state index contributed by atoms with van der Waals surface area (Å²) in [6, 6.07) is 20.9. The fourth-order valence-electron chi connectivity index (χ4n) is 5.04. The SMILES string of the molecule is COc1c2c(O)c(CCC3CCN(Cc4ccccc4)CC3)cc-2[nH]c2ccccc12. The third-order valence-electron chi connectivity index (χ3n) is 6.78. The fraction of sp³-hybridized carbons (Fsp3) is 0.333. The summed E-state index contributed by atoms with van der Waals surface area (Å²) in [6.45, 7) is 3.36. The van der Waals surface area contributed by atoms with Gasteiger partial charge in [0.2, 0.25) is 0 Å². The number of pyridine rings is 1. The van der Waals surface area contributed by atoms with Crippen LogP contribution < -0.4 is 4.74 Å². The standard InChI is InChI=1S/C27H30N2O2/c1-31-27-22-9-5-6-10-23(22)28-24-17-21(26(30)25(24)27)12-11-19-13-15-29(16-14-19)18-20-7-3-2-4-8-20/h2-10,17,19,28,30H,11-16,18H2,1H3. The minimum atomic E-state index is 0.371. The first kappa shape index (κ1) is 20.0. The summed E-state index contributed by atoms with van der Waals surface area (Å²) in [5, 5.41) is 12.0. The largest absolute Gasteiger partial charge is 0.507 e. The van der Waals surface area contributed by atoms with Crippen molar-refractivity contribution >= 4 is 10.9 Å². The molecule has 4 heteroatoms. The number of para-hydroxylation sites is 1. The number of H-pyrrole nitrogens is 1. The molecule has 4 nitrogen and oxygen atoms in total. The zero-order chi connectivity index (χ0) is 21.2. The van der Waals surface area contributed by atoms with Gasteiger partial charge in [-0.05, 0) is 74.0 Å². The van der Waals surface area contributed by atoms with E-state index in [0.717, 1.165) is 71.9 Å². The fourth-order valence-corrected chi connectivity index (χ4v) is 5.04. The summed E-state index contributed by atoms with van der Waals surface area (Å²) < 4.78 is 5.70. The summed E-state index contributed by atoms with van der Waals surface area (Å²) in [4.78, 5) is 6.03. The van der Waals surface area contributed by atoms with Gasteiger partial charge < -0.3 is 14.8 Å². The van der Waals surface area contributed by atoms with Gasteiger partial charge >= 0.3 is 0 Å². The number of nitrogens with one attached hydrogen (secondary N) is 1. The highest BCUT2D eigenvalue weighted by Gasteiger charge is 2.24. The molecule has 1 saturated heterocycles. The number of nitrogens with zero attached hydrogens (tertiary/aromatic N) is 1. The van der Waals surface area contributed by atoms with E-state index in [-0.39, 0.29) is 0 Å². The quantitative estimate of drug-likeness (QED) is 0.417. The molecule has 2 N–H and O–H groups in total. The zero-order valence-corrected chi connectivity index (χ0v) is 18.1. The molecule has 0 bridgehead atoms. The van der Waals surface area contributed by atoms with Gasteiger partial charge in [0.1, 0.15) is 11.5 Å². The molecule has 0 spiro atoms. The number of likely N-dealkylation sites (tertiary alicyclic amines) is 1. The average Bonchev–Trinajstić information content (AvgIpc) is 3.13. The van der Waals surface area contributed by atoms with E-state index in [4.69, 9.17) is 4.74 Å². The number of aryl methyl sites for hydroxylation is 1. The molecule has 3 aliphatic rings. The van der Waals surface area contributed by atoms with Crippen molar-refractivity contribution in [1.82, 2.24) is 9.88 Å². The molecule has 0 unspecified atom stereocenters. The Morgan fingerprint density at radius 2 is 1.77 bits per heavy atom. The van der Waals surface area contributed by atoms with Gasteiger partial charge in [-0.2, -0.15) is 0 Å². The second-order valence-corrected chi connectivity index (χ2v) is 8.75. The highest BCUT2D eigenvalue weighted by atomic mass is 16.5. The van der Waals surface area contributed by atoms with Crippen LogP contribution in [0.15, 0.2) is 60.7 Å². The monoisotopic (exact) mass is 414 g/mol. The van der Waals surface area contributed by atoms with E-state index in [0.29, 0.717) is 5.75 Å². The lowest BCUT2D eigenvalue weighted by atomic mass is 9.90. The molecule has 2 aromatic rings. The molecule has 160 valence electrons. The molecule has 0 atom stereocenters. The van der Waals surface area contributed by atoms with Gasteiger partial charge in [-0.15, -0.1) is 0 Å². The van der Waals surface area contributed by atoms with Crippen LogP contribution in [0.4, 0.5) is 0 Å². The lowest BCUT2D eigenvalue weighted by Crippen LogP contribution is -2.33. The van der Waals surface area contributed by atoms with Crippen molar-refractivity contribution in [3.8, 4) is 22.8 Å². The molecular weight excluding hydrogens is 384 g/mol. The van der Waals surface area contributed by atoms with Crippen molar-refractivity contribution in [3.63, 3.8) is 0 Å². The topological polar surface area (TPSA) is 48.5 Å². The number of aromatic nitrogens is 1. The zero-order valence-electron chi connectivity index (χ0n) is 18.1. The van der Waals surface area contributed by atoms with E-state index in [2.05, 4.69) is 46.3 Å². The predicted molar refractivity (Wildman–Crippen MR) is 126 cm³/mol. The van der Waals surface area contributed by atoms with Crippen LogP contribution in [-0.4, -0.2) is 35.2 Å². The van der Waals surface area contributed by atoms with Gasteiger partial charge in [0.15, 0.2) is 0 Å². The van der Waals surface area contributed by atoms with Crippen molar-refractivity contribution in [3.05, 3.63) is 71.8 Å². The van der Waals surface area contributed by atoms with E-state index in [1.54, 1.807) is 7.11 Å². The van der Waals surface area contributed by atoms with Crippen molar-refractivity contribution in [2.45, 2.75) is 32.2 Å². The van der Waals surface area contributed by atoms with Crippen molar-refractivity contribution in [1.29, 1.82) is 0 Å². The number of hydrogen-bond acceptors (Lipinski definition) is 3. The smallest absolute Gasteiger partial charge is 0.141 e. The summed E-state index contributed by atoms with van der Waals surface area (Å²) in [6.07, 6.45) is 4.47. The second-order valence-electron chi connectivity index (χ2n) is 8.75. The molecule has 31 heavy (non-hydrogen) atoms. The minimum absolute atomic E-state index is 0.371. The first-order valence-electron chi connectivity index (χ1n) is 11.3. The molecular formula is C27H30N2O2. The Morgan fingerprint density at radius 1 is 1.03 bits per heavy atom. The summed E-state index contributed by atoms with van der Waals surface area (Å²) in [5.41, 5.74) is 5.18. The predicted octanol–water partition coefficient (Wildman–Crippen LogP) is 5.83. The Balaban J connectivity index is 1.26. The van der Waals surface area contributed by atoms with Crippen LogP contribution in [0.1, 0.15) is 30.4 Å². The lowest BCUT2D eigenvalue weighted by Gasteiger charge is -2.32. The molecule has 5 rings (SSSR count). The number of aromatic amines is 1. The molecule has 0 amide bonds. The Bertz CT molecular complexity index is 1130. The van der Waals surface area contributed by atoms with Crippen molar-refractivity contribution < 1.29 is 9.84 Å². The normalized spacial score (nSPS) is 15.6. The van der Waals surface area contributed by atoms with Crippen LogP contribution in [0, 0.1) is 5.92 Å². The third kappa shape index (κ3) is 4.00. The average molecular weight is 415 g/mol. The molecule has 0 aromatic heterocycles. The van der Waals surface area contributed by atoms with Gasteiger partial charge in [0.25, 0.3) is 0 Å². The summed E-state index contributed by atoms with van der Waals surface area (Å²) in [5.74, 6) is 1.84. The van der Waals surface area contributed by atoms with E-state index >= 15 is 0 Å². The van der Waals surface area contributed by atoms with Crippen molar-refractivity contribution in [2.24, 2.45) is 5.92 Å². The first-order chi connectivity index (χ1) is 15.2. The van der Waals surface area contributed by atoms with Crippen LogP contribution in [-0.2, 0) is 13.0 Å². The molecule has 0 saturated carbocycles. The maximum Gasteiger partial charge on any atom is 0.141 e. The van der Waals surface area contributed by atoms with Crippen LogP contribution >= 0.6 is 0 Å². The van der Waals surface area contributed by atoms with E-state index in [1.807, 2.05) is 24.3 Å². The lowest BCUT2D eigenvalue weighted by molar-refractivity contribution is 0.172. The number of fused-ring (bicyclic) bond motifs is 2. The second kappa shape index (κ2) is 8.64. The maximum atomic E-state index is 11.0.